The Morgan fingerprint density at radius 1 is 1.30 bits per heavy atom. The Hall–Kier alpha value is -2.03. The molecule has 0 amide bonds. The molecule has 108 valence electrons. The van der Waals surface area contributed by atoms with E-state index in [0.717, 1.165) is 12.0 Å². The van der Waals surface area contributed by atoms with Gasteiger partial charge in [0.05, 0.1) is 6.42 Å². The number of aliphatic carboxylic acids is 1. The van der Waals surface area contributed by atoms with Gasteiger partial charge in [-0.1, -0.05) is 42.8 Å². The summed E-state index contributed by atoms with van der Waals surface area (Å²) in [6, 6.07) is 7.27. The number of hydrogen-bond donors (Lipinski definition) is 1. The highest BCUT2D eigenvalue weighted by atomic mass is 16.5. The molecule has 0 radical (unpaired) electrons. The van der Waals surface area contributed by atoms with E-state index < -0.39 is 5.97 Å². The van der Waals surface area contributed by atoms with Gasteiger partial charge < -0.3 is 9.84 Å². The fraction of sp³-hybridized carbons (Fsp3) is 0.353. The van der Waals surface area contributed by atoms with E-state index in [1.807, 2.05) is 32.0 Å². The maximum absolute atomic E-state index is 10.8. The molecule has 0 saturated heterocycles. The Balaban J connectivity index is 2.80. The molecule has 0 aliphatic carbocycles. The van der Waals surface area contributed by atoms with Gasteiger partial charge in [0.15, 0.2) is 0 Å². The smallest absolute Gasteiger partial charge is 0.307 e. The highest BCUT2D eigenvalue weighted by Gasteiger charge is 2.07. The van der Waals surface area contributed by atoms with Crippen LogP contribution in [0.1, 0.15) is 32.8 Å². The lowest BCUT2D eigenvalue weighted by Gasteiger charge is -2.11. The number of carboxylic acids is 1. The van der Waals surface area contributed by atoms with Crippen LogP contribution in [0.2, 0.25) is 0 Å². The second kappa shape index (κ2) is 8.20. The Labute approximate surface area is 120 Å². The van der Waals surface area contributed by atoms with E-state index >= 15 is 0 Å². The molecule has 0 saturated carbocycles. The molecule has 3 heteroatoms. The van der Waals surface area contributed by atoms with Crippen molar-refractivity contribution >= 4 is 5.97 Å². The van der Waals surface area contributed by atoms with E-state index in [0.29, 0.717) is 17.9 Å². The SMILES string of the molecule is CC/C=C(\C=C(C)C)COc1ccccc1CC(=O)O. The van der Waals surface area contributed by atoms with Crippen LogP contribution in [-0.4, -0.2) is 17.7 Å². The third-order valence-electron chi connectivity index (χ3n) is 2.65. The predicted octanol–water partition coefficient (Wildman–Crippen LogP) is 4.00. The summed E-state index contributed by atoms with van der Waals surface area (Å²) >= 11 is 0. The first-order valence-corrected chi connectivity index (χ1v) is 6.79. The third-order valence-corrected chi connectivity index (χ3v) is 2.65. The van der Waals surface area contributed by atoms with Crippen LogP contribution in [-0.2, 0) is 11.2 Å². The van der Waals surface area contributed by atoms with Gasteiger partial charge in [0.25, 0.3) is 0 Å². The fourth-order valence-corrected chi connectivity index (χ4v) is 1.91. The summed E-state index contributed by atoms with van der Waals surface area (Å²) in [6.45, 7) is 6.62. The van der Waals surface area contributed by atoms with Crippen molar-refractivity contribution in [1.82, 2.24) is 0 Å². The third kappa shape index (κ3) is 5.74. The van der Waals surface area contributed by atoms with Gasteiger partial charge in [-0.15, -0.1) is 0 Å². The number of benzene rings is 1. The zero-order chi connectivity index (χ0) is 15.0. The lowest BCUT2D eigenvalue weighted by Crippen LogP contribution is -2.06. The van der Waals surface area contributed by atoms with E-state index in [2.05, 4.69) is 19.1 Å². The quantitative estimate of drug-likeness (QED) is 0.765. The molecule has 1 rings (SSSR count). The molecule has 0 spiro atoms. The highest BCUT2D eigenvalue weighted by molar-refractivity contribution is 5.71. The van der Waals surface area contributed by atoms with Crippen LogP contribution in [0.25, 0.3) is 0 Å². The van der Waals surface area contributed by atoms with Crippen molar-refractivity contribution in [3.8, 4) is 5.75 Å². The van der Waals surface area contributed by atoms with Gasteiger partial charge in [0.2, 0.25) is 0 Å². The van der Waals surface area contributed by atoms with Crippen molar-refractivity contribution in [2.24, 2.45) is 0 Å². The van der Waals surface area contributed by atoms with Crippen LogP contribution in [0.4, 0.5) is 0 Å². The first-order chi connectivity index (χ1) is 9.52. The molecule has 0 aromatic heterocycles. The normalized spacial score (nSPS) is 11.1. The Kier molecular flexibility index (Phi) is 6.57. The van der Waals surface area contributed by atoms with Gasteiger partial charge in [0, 0.05) is 5.56 Å². The van der Waals surface area contributed by atoms with Crippen LogP contribution < -0.4 is 4.74 Å². The molecule has 0 unspecified atom stereocenters. The van der Waals surface area contributed by atoms with Crippen molar-refractivity contribution in [1.29, 1.82) is 0 Å². The van der Waals surface area contributed by atoms with Gasteiger partial charge in [-0.3, -0.25) is 4.79 Å². The Morgan fingerprint density at radius 3 is 2.60 bits per heavy atom. The zero-order valence-corrected chi connectivity index (χ0v) is 12.3. The summed E-state index contributed by atoms with van der Waals surface area (Å²) < 4.78 is 5.78. The van der Waals surface area contributed by atoms with Crippen molar-refractivity contribution in [3.63, 3.8) is 0 Å². The minimum Gasteiger partial charge on any atom is -0.489 e. The lowest BCUT2D eigenvalue weighted by molar-refractivity contribution is -0.136. The second-order valence-corrected chi connectivity index (χ2v) is 4.88. The highest BCUT2D eigenvalue weighted by Crippen LogP contribution is 2.19. The Bertz CT molecular complexity index is 509. The maximum atomic E-state index is 10.8. The summed E-state index contributed by atoms with van der Waals surface area (Å²) in [5.41, 5.74) is 3.03. The van der Waals surface area contributed by atoms with E-state index in [4.69, 9.17) is 9.84 Å². The van der Waals surface area contributed by atoms with Crippen molar-refractivity contribution in [3.05, 3.63) is 53.1 Å². The van der Waals surface area contributed by atoms with E-state index in [-0.39, 0.29) is 6.42 Å². The molecule has 1 N–H and O–H groups in total. The molecule has 0 aliphatic heterocycles. The Morgan fingerprint density at radius 2 is 2.00 bits per heavy atom. The van der Waals surface area contributed by atoms with Crippen molar-refractivity contribution in [2.75, 3.05) is 6.61 Å². The molecule has 0 heterocycles. The van der Waals surface area contributed by atoms with Crippen LogP contribution in [0, 0.1) is 0 Å². The molecule has 0 fully saturated rings. The molecule has 0 bridgehead atoms. The number of ether oxygens (including phenoxy) is 1. The first-order valence-electron chi connectivity index (χ1n) is 6.79. The van der Waals surface area contributed by atoms with Crippen LogP contribution in [0.3, 0.4) is 0 Å². The summed E-state index contributed by atoms with van der Waals surface area (Å²) in [4.78, 5) is 10.8. The molecule has 3 nitrogen and oxygen atoms in total. The summed E-state index contributed by atoms with van der Waals surface area (Å²) in [7, 11) is 0. The molecule has 1 aromatic rings. The van der Waals surface area contributed by atoms with Crippen LogP contribution >= 0.6 is 0 Å². The minimum absolute atomic E-state index is 0.0222. The van der Waals surface area contributed by atoms with E-state index in [1.165, 1.54) is 5.57 Å². The van der Waals surface area contributed by atoms with Gasteiger partial charge in [-0.2, -0.15) is 0 Å². The maximum Gasteiger partial charge on any atom is 0.307 e. The average molecular weight is 274 g/mol. The first kappa shape index (κ1) is 16.0. The van der Waals surface area contributed by atoms with Gasteiger partial charge in [0.1, 0.15) is 12.4 Å². The number of rotatable bonds is 7. The number of carboxylic acid groups (broad SMARTS) is 1. The number of carbonyl (C=O) groups is 1. The molecule has 1 aromatic carbocycles. The molecular weight excluding hydrogens is 252 g/mol. The zero-order valence-electron chi connectivity index (χ0n) is 12.3. The van der Waals surface area contributed by atoms with E-state index in [9.17, 15) is 4.79 Å². The fourth-order valence-electron chi connectivity index (χ4n) is 1.91. The average Bonchev–Trinajstić information content (AvgIpc) is 2.36. The standard InChI is InChI=1S/C17H22O3/c1-4-7-14(10-13(2)3)12-20-16-9-6-5-8-15(16)11-17(18)19/h5-10H,4,11-12H2,1-3H3,(H,18,19)/b14-7+. The predicted molar refractivity (Wildman–Crippen MR) is 81.1 cm³/mol. The molecular formula is C17H22O3. The largest absolute Gasteiger partial charge is 0.489 e. The van der Waals surface area contributed by atoms with Crippen LogP contribution in [0.5, 0.6) is 5.75 Å². The van der Waals surface area contributed by atoms with Crippen molar-refractivity contribution in [2.45, 2.75) is 33.6 Å². The summed E-state index contributed by atoms with van der Waals surface area (Å²) in [5.74, 6) is -0.214. The number of para-hydroxylation sites is 1. The van der Waals surface area contributed by atoms with Gasteiger partial charge in [-0.25, -0.2) is 0 Å². The van der Waals surface area contributed by atoms with Gasteiger partial charge in [-0.05, 0) is 31.9 Å². The lowest BCUT2D eigenvalue weighted by atomic mass is 10.1. The second-order valence-electron chi connectivity index (χ2n) is 4.88. The van der Waals surface area contributed by atoms with Gasteiger partial charge >= 0.3 is 5.97 Å². The monoisotopic (exact) mass is 274 g/mol. The number of hydrogen-bond acceptors (Lipinski definition) is 2. The van der Waals surface area contributed by atoms with Crippen LogP contribution in [0.15, 0.2) is 47.6 Å². The number of allylic oxidation sites excluding steroid dienone is 2. The van der Waals surface area contributed by atoms with Crippen molar-refractivity contribution < 1.29 is 14.6 Å². The summed E-state index contributed by atoms with van der Waals surface area (Å²) in [6.07, 6.45) is 5.13. The molecule has 20 heavy (non-hydrogen) atoms. The topological polar surface area (TPSA) is 46.5 Å². The molecule has 0 atom stereocenters. The summed E-state index contributed by atoms with van der Waals surface area (Å²) in [5, 5.41) is 8.90. The minimum atomic E-state index is -0.852. The van der Waals surface area contributed by atoms with E-state index in [1.54, 1.807) is 6.07 Å². The molecule has 0 aliphatic rings.